The van der Waals surface area contributed by atoms with Gasteiger partial charge in [0, 0.05) is 7.11 Å². The number of carbonyl (C=O) groups excluding carboxylic acids is 1. The maximum atomic E-state index is 12.2. The first kappa shape index (κ1) is 18.0. The number of amides is 1. The largest absolute Gasteiger partial charge is 0.383 e. The summed E-state index contributed by atoms with van der Waals surface area (Å²) in [5, 5.41) is 3.18. The third kappa shape index (κ3) is 4.19. The molecule has 1 aromatic rings. The van der Waals surface area contributed by atoms with Crippen molar-refractivity contribution in [1.29, 1.82) is 0 Å². The zero-order chi connectivity index (χ0) is 14.6. The van der Waals surface area contributed by atoms with Gasteiger partial charge in [0.15, 0.2) is 0 Å². The van der Waals surface area contributed by atoms with E-state index in [1.165, 1.54) is 11.1 Å². The van der Waals surface area contributed by atoms with Crippen LogP contribution in [0.3, 0.4) is 0 Å². The molecule has 0 radical (unpaired) electrons. The maximum absolute atomic E-state index is 12.2. The average Bonchev–Trinajstić information content (AvgIpc) is 2.89. The minimum absolute atomic E-state index is 0. The van der Waals surface area contributed by atoms with Crippen molar-refractivity contribution < 1.29 is 9.53 Å². The molecular weight excluding hydrogens is 288 g/mol. The highest BCUT2D eigenvalue weighted by Gasteiger charge is 2.37. The van der Waals surface area contributed by atoms with Gasteiger partial charge in [-0.2, -0.15) is 0 Å². The molecule has 3 N–H and O–H groups in total. The molecule has 1 aliphatic rings. The van der Waals surface area contributed by atoms with Crippen molar-refractivity contribution >= 4 is 18.3 Å². The normalized spacial score (nSPS) is 17.9. The van der Waals surface area contributed by atoms with Crippen LogP contribution in [0, 0.1) is 6.92 Å². The molecule has 1 fully saturated rings. The van der Waals surface area contributed by atoms with Crippen LogP contribution in [0.1, 0.15) is 36.8 Å². The molecule has 1 atom stereocenters. The Balaban J connectivity index is 0.00000220. The van der Waals surface area contributed by atoms with E-state index in [2.05, 4.69) is 30.4 Å². The van der Waals surface area contributed by atoms with Crippen molar-refractivity contribution in [1.82, 2.24) is 5.32 Å². The van der Waals surface area contributed by atoms with Gasteiger partial charge in [0.25, 0.3) is 0 Å². The van der Waals surface area contributed by atoms with Crippen LogP contribution >= 0.6 is 12.4 Å². The first-order chi connectivity index (χ1) is 9.57. The standard InChI is InChI=1S/C16H24N2O2.ClH/c1-12-6-5-7-13(10-12)16(8-3-4-9-16)18-15(19)14(17)11-20-2;/h5-7,10,14H,3-4,8-9,11,17H2,1-2H3,(H,18,19);1H. The number of methoxy groups -OCH3 is 1. The first-order valence-electron chi connectivity index (χ1n) is 7.21. The van der Waals surface area contributed by atoms with Crippen LogP contribution < -0.4 is 11.1 Å². The highest BCUT2D eigenvalue weighted by molar-refractivity contribution is 5.85. The van der Waals surface area contributed by atoms with Crippen LogP contribution in [0.5, 0.6) is 0 Å². The van der Waals surface area contributed by atoms with Crippen molar-refractivity contribution in [2.75, 3.05) is 13.7 Å². The molecule has 0 saturated heterocycles. The average molecular weight is 313 g/mol. The summed E-state index contributed by atoms with van der Waals surface area (Å²) < 4.78 is 4.96. The SMILES string of the molecule is COCC(N)C(=O)NC1(c2cccc(C)c2)CCCC1.Cl. The van der Waals surface area contributed by atoms with Crippen LogP contribution in [-0.2, 0) is 15.1 Å². The van der Waals surface area contributed by atoms with E-state index in [1.807, 2.05) is 6.07 Å². The summed E-state index contributed by atoms with van der Waals surface area (Å²) in [5.41, 5.74) is 7.98. The van der Waals surface area contributed by atoms with Gasteiger partial charge < -0.3 is 15.8 Å². The number of rotatable bonds is 5. The quantitative estimate of drug-likeness (QED) is 0.876. The fourth-order valence-corrected chi connectivity index (χ4v) is 2.99. The summed E-state index contributed by atoms with van der Waals surface area (Å²) in [5.74, 6) is -0.129. The number of hydrogen-bond acceptors (Lipinski definition) is 3. The second-order valence-electron chi connectivity index (χ2n) is 5.71. The molecular formula is C16H25ClN2O2. The summed E-state index contributed by atoms with van der Waals surface area (Å²) in [6.45, 7) is 2.32. The topological polar surface area (TPSA) is 64.3 Å². The summed E-state index contributed by atoms with van der Waals surface area (Å²) in [4.78, 5) is 12.2. The molecule has 1 aliphatic carbocycles. The van der Waals surface area contributed by atoms with Crippen molar-refractivity contribution in [2.45, 2.75) is 44.2 Å². The minimum Gasteiger partial charge on any atom is -0.383 e. The Bertz CT molecular complexity index is 473. The van der Waals surface area contributed by atoms with Crippen molar-refractivity contribution in [3.63, 3.8) is 0 Å². The van der Waals surface area contributed by atoms with E-state index in [4.69, 9.17) is 10.5 Å². The van der Waals surface area contributed by atoms with Crippen LogP contribution in [0.2, 0.25) is 0 Å². The van der Waals surface area contributed by atoms with E-state index in [9.17, 15) is 4.79 Å². The lowest BCUT2D eigenvalue weighted by atomic mass is 9.87. The maximum Gasteiger partial charge on any atom is 0.239 e. The number of halogens is 1. The fourth-order valence-electron chi connectivity index (χ4n) is 2.99. The molecule has 1 unspecified atom stereocenters. The molecule has 1 aromatic carbocycles. The van der Waals surface area contributed by atoms with Crippen LogP contribution in [-0.4, -0.2) is 25.7 Å². The Morgan fingerprint density at radius 2 is 2.10 bits per heavy atom. The van der Waals surface area contributed by atoms with Gasteiger partial charge in [0.2, 0.25) is 5.91 Å². The molecule has 0 heterocycles. The van der Waals surface area contributed by atoms with Gasteiger partial charge in [0.1, 0.15) is 6.04 Å². The Labute approximate surface area is 132 Å². The molecule has 118 valence electrons. The van der Waals surface area contributed by atoms with Crippen LogP contribution in [0.15, 0.2) is 24.3 Å². The molecule has 21 heavy (non-hydrogen) atoms. The fraction of sp³-hybridized carbons (Fsp3) is 0.562. The third-order valence-electron chi connectivity index (χ3n) is 4.07. The zero-order valence-electron chi connectivity index (χ0n) is 12.7. The monoisotopic (exact) mass is 312 g/mol. The molecule has 0 spiro atoms. The molecule has 5 heteroatoms. The smallest absolute Gasteiger partial charge is 0.239 e. The van der Waals surface area contributed by atoms with Gasteiger partial charge in [-0.25, -0.2) is 0 Å². The van der Waals surface area contributed by atoms with Gasteiger partial charge in [-0.1, -0.05) is 42.7 Å². The Kier molecular flexibility index (Phi) is 6.65. The predicted molar refractivity (Wildman–Crippen MR) is 86.6 cm³/mol. The number of carbonyl (C=O) groups is 1. The van der Waals surface area contributed by atoms with E-state index in [1.54, 1.807) is 7.11 Å². The van der Waals surface area contributed by atoms with E-state index in [0.717, 1.165) is 25.7 Å². The number of aryl methyl sites for hydroxylation is 1. The number of ether oxygens (including phenoxy) is 1. The third-order valence-corrected chi connectivity index (χ3v) is 4.07. The van der Waals surface area contributed by atoms with Gasteiger partial charge in [-0.3, -0.25) is 4.79 Å². The van der Waals surface area contributed by atoms with E-state index < -0.39 is 6.04 Å². The first-order valence-corrected chi connectivity index (χ1v) is 7.21. The Morgan fingerprint density at radius 3 is 2.67 bits per heavy atom. The summed E-state index contributed by atoms with van der Waals surface area (Å²) in [6, 6.07) is 7.77. The van der Waals surface area contributed by atoms with E-state index in [-0.39, 0.29) is 30.5 Å². The molecule has 4 nitrogen and oxygen atoms in total. The van der Waals surface area contributed by atoms with Crippen molar-refractivity contribution in [3.05, 3.63) is 35.4 Å². The lowest BCUT2D eigenvalue weighted by molar-refractivity contribution is -0.125. The van der Waals surface area contributed by atoms with Crippen LogP contribution in [0.4, 0.5) is 0 Å². The van der Waals surface area contributed by atoms with Gasteiger partial charge in [-0.15, -0.1) is 12.4 Å². The van der Waals surface area contributed by atoms with E-state index in [0.29, 0.717) is 0 Å². The van der Waals surface area contributed by atoms with Crippen LogP contribution in [0.25, 0.3) is 0 Å². The van der Waals surface area contributed by atoms with Crippen molar-refractivity contribution in [2.24, 2.45) is 5.73 Å². The summed E-state index contributed by atoms with van der Waals surface area (Å²) >= 11 is 0. The summed E-state index contributed by atoms with van der Waals surface area (Å²) in [6.07, 6.45) is 4.21. The Hall–Kier alpha value is -1.10. The molecule has 1 amide bonds. The van der Waals surface area contributed by atoms with Gasteiger partial charge >= 0.3 is 0 Å². The lowest BCUT2D eigenvalue weighted by Gasteiger charge is -2.32. The minimum atomic E-state index is -0.609. The van der Waals surface area contributed by atoms with Gasteiger partial charge in [-0.05, 0) is 25.3 Å². The van der Waals surface area contributed by atoms with E-state index >= 15 is 0 Å². The Morgan fingerprint density at radius 1 is 1.43 bits per heavy atom. The highest BCUT2D eigenvalue weighted by atomic mass is 35.5. The van der Waals surface area contributed by atoms with Crippen molar-refractivity contribution in [3.8, 4) is 0 Å². The number of benzene rings is 1. The zero-order valence-corrected chi connectivity index (χ0v) is 13.5. The van der Waals surface area contributed by atoms with Gasteiger partial charge in [0.05, 0.1) is 12.1 Å². The molecule has 0 bridgehead atoms. The number of nitrogens with two attached hydrogens (primary N) is 1. The molecule has 0 aromatic heterocycles. The second-order valence-corrected chi connectivity index (χ2v) is 5.71. The lowest BCUT2D eigenvalue weighted by Crippen LogP contribution is -2.52. The highest BCUT2D eigenvalue weighted by Crippen LogP contribution is 2.39. The predicted octanol–water partition coefficient (Wildman–Crippen LogP) is 2.28. The molecule has 0 aliphatic heterocycles. The molecule has 1 saturated carbocycles. The number of nitrogens with one attached hydrogen (secondary N) is 1. The number of hydrogen-bond donors (Lipinski definition) is 2. The second kappa shape index (κ2) is 7.78. The molecule has 2 rings (SSSR count). The summed E-state index contributed by atoms with van der Waals surface area (Å²) in [7, 11) is 1.55.